The molecule has 2 N–H and O–H groups in total. The topological polar surface area (TPSA) is 38.9 Å². The van der Waals surface area contributed by atoms with Crippen LogP contribution in [0.5, 0.6) is 0 Å². The molecule has 1 aromatic rings. The average Bonchev–Trinajstić information content (AvgIpc) is 2.15. The summed E-state index contributed by atoms with van der Waals surface area (Å²) in [5.41, 5.74) is 2.76. The first-order valence-electron chi connectivity index (χ1n) is 3.91. The Hall–Kier alpha value is -1.24. The van der Waals surface area contributed by atoms with Crippen molar-refractivity contribution in [1.82, 2.24) is 4.98 Å². The Morgan fingerprint density at radius 2 is 1.87 bits per heavy atom. The van der Waals surface area contributed by atoms with Crippen molar-refractivity contribution in [3.63, 3.8) is 0 Å². The van der Waals surface area contributed by atoms with Gasteiger partial charge in [0.15, 0.2) is 0 Å². The summed E-state index contributed by atoms with van der Waals surface area (Å²) in [6, 6.07) is 1.55. The lowest BCUT2D eigenvalue weighted by Crippen LogP contribution is -2.12. The highest BCUT2D eigenvalue weighted by Gasteiger charge is 2.33. The first-order valence-corrected chi connectivity index (χ1v) is 3.91. The van der Waals surface area contributed by atoms with E-state index in [0.717, 1.165) is 6.07 Å². The van der Waals surface area contributed by atoms with E-state index in [-0.39, 0.29) is 12.1 Å². The second-order valence-corrected chi connectivity index (χ2v) is 2.74. The molecule has 0 aliphatic rings. The van der Waals surface area contributed by atoms with Crippen LogP contribution in [0.4, 0.5) is 22.0 Å². The van der Waals surface area contributed by atoms with Gasteiger partial charge in [0, 0.05) is 6.54 Å². The van der Waals surface area contributed by atoms with Gasteiger partial charge >= 0.3 is 6.18 Å². The predicted octanol–water partition coefficient (Wildman–Crippen LogP) is 2.50. The lowest BCUT2D eigenvalue weighted by molar-refractivity contribution is -0.141. The summed E-state index contributed by atoms with van der Waals surface area (Å²) < 4.78 is 61.0. The summed E-state index contributed by atoms with van der Waals surface area (Å²) in [5, 5.41) is 0. The number of hydrogen-bond donors (Lipinski definition) is 1. The van der Waals surface area contributed by atoms with Crippen molar-refractivity contribution >= 4 is 0 Å². The van der Waals surface area contributed by atoms with Crippen LogP contribution >= 0.6 is 0 Å². The number of nitrogens with two attached hydrogens (primary N) is 1. The molecule has 0 aromatic carbocycles. The minimum atomic E-state index is -4.73. The molecule has 0 radical (unpaired) electrons. The third-order valence-electron chi connectivity index (χ3n) is 1.73. The summed E-state index contributed by atoms with van der Waals surface area (Å²) in [6.45, 7) is -0.273. The zero-order valence-corrected chi connectivity index (χ0v) is 7.35. The van der Waals surface area contributed by atoms with Gasteiger partial charge in [-0.1, -0.05) is 6.07 Å². The van der Waals surface area contributed by atoms with Crippen LogP contribution in [0.15, 0.2) is 12.1 Å². The molecule has 0 aliphatic heterocycles. The number of aromatic nitrogens is 1. The second-order valence-electron chi connectivity index (χ2n) is 2.74. The fraction of sp³-hybridized carbons (Fsp3) is 0.375. The van der Waals surface area contributed by atoms with Crippen molar-refractivity contribution in [2.45, 2.75) is 19.1 Å². The Morgan fingerprint density at radius 3 is 2.27 bits per heavy atom. The zero-order chi connectivity index (χ0) is 11.6. The molecular formula is C8H7F5N2. The van der Waals surface area contributed by atoms with Crippen molar-refractivity contribution in [2.24, 2.45) is 5.73 Å². The van der Waals surface area contributed by atoms with E-state index < -0.39 is 24.0 Å². The highest BCUT2D eigenvalue weighted by atomic mass is 19.4. The van der Waals surface area contributed by atoms with Crippen LogP contribution in [-0.4, -0.2) is 4.98 Å². The van der Waals surface area contributed by atoms with E-state index in [1.54, 1.807) is 0 Å². The van der Waals surface area contributed by atoms with Gasteiger partial charge in [-0.25, -0.2) is 13.8 Å². The number of halogens is 5. The number of hydrogen-bond acceptors (Lipinski definition) is 2. The van der Waals surface area contributed by atoms with E-state index in [4.69, 9.17) is 5.73 Å². The number of rotatable bonds is 2. The highest BCUT2D eigenvalue weighted by Crippen LogP contribution is 2.30. The molecule has 2 nitrogen and oxygen atoms in total. The summed E-state index contributed by atoms with van der Waals surface area (Å²) in [6.07, 6.45) is -7.79. The third-order valence-corrected chi connectivity index (χ3v) is 1.73. The molecule has 0 saturated carbocycles. The molecule has 0 bridgehead atoms. The van der Waals surface area contributed by atoms with Crippen molar-refractivity contribution < 1.29 is 22.0 Å². The van der Waals surface area contributed by atoms with Crippen molar-refractivity contribution in [2.75, 3.05) is 0 Å². The summed E-state index contributed by atoms with van der Waals surface area (Å²) in [7, 11) is 0. The predicted molar refractivity (Wildman–Crippen MR) is 42.1 cm³/mol. The molecular weight excluding hydrogens is 219 g/mol. The van der Waals surface area contributed by atoms with Gasteiger partial charge in [0.1, 0.15) is 11.4 Å². The van der Waals surface area contributed by atoms with Gasteiger partial charge in [0.25, 0.3) is 6.43 Å². The van der Waals surface area contributed by atoms with Crippen LogP contribution in [0.3, 0.4) is 0 Å². The van der Waals surface area contributed by atoms with Gasteiger partial charge in [-0.05, 0) is 11.6 Å². The monoisotopic (exact) mass is 226 g/mol. The van der Waals surface area contributed by atoms with Crippen molar-refractivity contribution in [1.29, 1.82) is 0 Å². The Morgan fingerprint density at radius 1 is 1.27 bits per heavy atom. The van der Waals surface area contributed by atoms with E-state index in [1.807, 2.05) is 0 Å². The summed E-state index contributed by atoms with van der Waals surface area (Å²) >= 11 is 0. The molecule has 0 spiro atoms. The Balaban J connectivity index is 3.22. The van der Waals surface area contributed by atoms with Crippen LogP contribution in [-0.2, 0) is 12.7 Å². The molecule has 1 heterocycles. The normalized spacial score (nSPS) is 12.2. The molecule has 0 aliphatic carbocycles. The first kappa shape index (κ1) is 11.8. The van der Waals surface area contributed by atoms with Crippen LogP contribution in [0.2, 0.25) is 0 Å². The number of nitrogens with zero attached hydrogens (tertiary/aromatic N) is 1. The van der Waals surface area contributed by atoms with Crippen LogP contribution in [0, 0.1) is 0 Å². The van der Waals surface area contributed by atoms with E-state index in [9.17, 15) is 22.0 Å². The van der Waals surface area contributed by atoms with Crippen LogP contribution < -0.4 is 5.73 Å². The fourth-order valence-electron chi connectivity index (χ4n) is 1.02. The van der Waals surface area contributed by atoms with Gasteiger partial charge in [-0.3, -0.25) is 0 Å². The minimum absolute atomic E-state index is 0.0852. The van der Waals surface area contributed by atoms with E-state index in [0.29, 0.717) is 6.07 Å². The second kappa shape index (κ2) is 4.09. The van der Waals surface area contributed by atoms with Crippen LogP contribution in [0.1, 0.15) is 23.4 Å². The van der Waals surface area contributed by atoms with Gasteiger partial charge in [0.2, 0.25) is 0 Å². The Labute approximate surface area is 81.9 Å². The fourth-order valence-corrected chi connectivity index (χ4v) is 1.02. The van der Waals surface area contributed by atoms with E-state index >= 15 is 0 Å². The van der Waals surface area contributed by atoms with Gasteiger partial charge in [-0.2, -0.15) is 13.2 Å². The number of pyridine rings is 1. The van der Waals surface area contributed by atoms with Crippen molar-refractivity contribution in [3.05, 3.63) is 29.1 Å². The molecule has 0 unspecified atom stereocenters. The molecule has 1 rings (SSSR count). The van der Waals surface area contributed by atoms with Gasteiger partial charge < -0.3 is 5.73 Å². The molecule has 7 heteroatoms. The van der Waals surface area contributed by atoms with Gasteiger partial charge in [0.05, 0.1) is 0 Å². The Bertz CT molecular complexity index is 347. The zero-order valence-electron chi connectivity index (χ0n) is 7.35. The van der Waals surface area contributed by atoms with E-state index in [1.165, 1.54) is 0 Å². The largest absolute Gasteiger partial charge is 0.433 e. The molecule has 1 aromatic heterocycles. The number of alkyl halides is 5. The average molecular weight is 226 g/mol. The SMILES string of the molecule is NCc1ccc(C(F)(F)F)nc1C(F)F. The van der Waals surface area contributed by atoms with Gasteiger partial charge in [-0.15, -0.1) is 0 Å². The smallest absolute Gasteiger partial charge is 0.326 e. The van der Waals surface area contributed by atoms with Crippen LogP contribution in [0.25, 0.3) is 0 Å². The highest BCUT2D eigenvalue weighted by molar-refractivity contribution is 5.25. The first-order chi connectivity index (χ1) is 6.86. The standard InChI is InChI=1S/C8H7F5N2/c9-7(10)6-4(3-14)1-2-5(15-6)8(11,12)13/h1-2,7H,3,14H2. The van der Waals surface area contributed by atoms with E-state index in [2.05, 4.69) is 4.98 Å². The quantitative estimate of drug-likeness (QED) is 0.787. The lowest BCUT2D eigenvalue weighted by atomic mass is 10.1. The summed E-state index contributed by atoms with van der Waals surface area (Å²) in [4.78, 5) is 2.86. The minimum Gasteiger partial charge on any atom is -0.326 e. The molecule has 0 atom stereocenters. The maximum Gasteiger partial charge on any atom is 0.433 e. The maximum atomic E-state index is 12.3. The molecule has 0 saturated heterocycles. The Kier molecular flexibility index (Phi) is 3.23. The molecule has 0 fully saturated rings. The third kappa shape index (κ3) is 2.62. The summed E-state index contributed by atoms with van der Waals surface area (Å²) in [5.74, 6) is 0. The molecule has 0 amide bonds. The molecule has 15 heavy (non-hydrogen) atoms. The molecule has 84 valence electrons. The van der Waals surface area contributed by atoms with Crippen molar-refractivity contribution in [3.8, 4) is 0 Å². The maximum absolute atomic E-state index is 12.3. The lowest BCUT2D eigenvalue weighted by Gasteiger charge is -2.10.